The van der Waals surface area contributed by atoms with Crippen LogP contribution in [0.3, 0.4) is 0 Å². The van der Waals surface area contributed by atoms with E-state index in [0.717, 1.165) is 16.9 Å². The van der Waals surface area contributed by atoms with Gasteiger partial charge in [-0.1, -0.05) is 48.0 Å². The van der Waals surface area contributed by atoms with Gasteiger partial charge in [0.05, 0.1) is 13.5 Å². The van der Waals surface area contributed by atoms with Gasteiger partial charge in [-0.3, -0.25) is 9.59 Å². The van der Waals surface area contributed by atoms with Crippen molar-refractivity contribution >= 4 is 11.8 Å². The number of nitrogens with zero attached hydrogens (tertiary/aromatic N) is 2. The van der Waals surface area contributed by atoms with Crippen molar-refractivity contribution in [3.8, 4) is 5.75 Å². The van der Waals surface area contributed by atoms with Gasteiger partial charge in [0.2, 0.25) is 11.8 Å². The van der Waals surface area contributed by atoms with Gasteiger partial charge in [0.25, 0.3) is 0 Å². The van der Waals surface area contributed by atoms with E-state index >= 15 is 0 Å². The molecule has 1 fully saturated rings. The smallest absolute Gasteiger partial charge is 0.227 e. The zero-order chi connectivity index (χ0) is 19.9. The molecule has 0 atom stereocenters. The Hall–Kier alpha value is -2.82. The first-order chi connectivity index (χ1) is 13.6. The molecule has 1 saturated heterocycles. The fourth-order valence-corrected chi connectivity index (χ4v) is 3.51. The number of carbonyl (C=O) groups is 2. The second-order valence-electron chi connectivity index (χ2n) is 7.24. The molecule has 5 nitrogen and oxygen atoms in total. The second kappa shape index (κ2) is 9.40. The van der Waals surface area contributed by atoms with Gasteiger partial charge in [-0.25, -0.2) is 0 Å². The predicted octanol–water partition coefficient (Wildman–Crippen LogP) is 2.85. The molecular weight excluding hydrogens is 352 g/mol. The second-order valence-corrected chi connectivity index (χ2v) is 7.24. The number of hydrogen-bond donors (Lipinski definition) is 0. The summed E-state index contributed by atoms with van der Waals surface area (Å²) in [6.45, 7) is 4.45. The van der Waals surface area contributed by atoms with E-state index in [1.807, 2.05) is 65.3 Å². The Balaban J connectivity index is 1.45. The van der Waals surface area contributed by atoms with E-state index in [1.54, 1.807) is 7.11 Å². The minimum Gasteiger partial charge on any atom is -0.496 e. The minimum absolute atomic E-state index is 0.130. The first-order valence-electron chi connectivity index (χ1n) is 9.80. The number of amides is 2. The molecule has 0 saturated carbocycles. The third-order valence-corrected chi connectivity index (χ3v) is 5.26. The molecule has 1 heterocycles. The predicted molar refractivity (Wildman–Crippen MR) is 109 cm³/mol. The number of hydrogen-bond acceptors (Lipinski definition) is 3. The number of piperazine rings is 1. The highest BCUT2D eigenvalue weighted by Gasteiger charge is 2.24. The van der Waals surface area contributed by atoms with Crippen molar-refractivity contribution in [2.24, 2.45) is 0 Å². The van der Waals surface area contributed by atoms with Crippen LogP contribution in [0.1, 0.15) is 23.1 Å². The van der Waals surface area contributed by atoms with Crippen molar-refractivity contribution in [1.29, 1.82) is 0 Å². The standard InChI is InChI=1S/C23H28N2O3/c1-18-7-9-19(10-8-18)17-23(27)25-15-13-24(14-16-25)22(26)12-11-20-5-3-4-6-21(20)28-2/h3-10H,11-17H2,1-2H3. The van der Waals surface area contributed by atoms with Gasteiger partial charge in [-0.15, -0.1) is 0 Å². The normalized spacial score (nSPS) is 14.1. The number of benzene rings is 2. The summed E-state index contributed by atoms with van der Waals surface area (Å²) in [4.78, 5) is 28.8. The van der Waals surface area contributed by atoms with Crippen LogP contribution in [-0.4, -0.2) is 54.9 Å². The molecule has 2 aromatic rings. The van der Waals surface area contributed by atoms with Gasteiger partial charge in [0.15, 0.2) is 0 Å². The number of rotatable bonds is 6. The molecule has 0 aromatic heterocycles. The summed E-state index contributed by atoms with van der Waals surface area (Å²) in [6.07, 6.45) is 1.54. The highest BCUT2D eigenvalue weighted by atomic mass is 16.5. The van der Waals surface area contributed by atoms with Crippen molar-refractivity contribution in [2.45, 2.75) is 26.2 Å². The van der Waals surface area contributed by atoms with Crippen LogP contribution in [0.15, 0.2) is 48.5 Å². The van der Waals surface area contributed by atoms with Crippen LogP contribution < -0.4 is 4.74 Å². The van der Waals surface area contributed by atoms with Gasteiger partial charge in [-0.05, 0) is 30.5 Å². The van der Waals surface area contributed by atoms with Gasteiger partial charge < -0.3 is 14.5 Å². The summed E-state index contributed by atoms with van der Waals surface area (Å²) in [7, 11) is 1.65. The molecule has 0 radical (unpaired) electrons. The molecule has 148 valence electrons. The van der Waals surface area contributed by atoms with Crippen molar-refractivity contribution in [2.75, 3.05) is 33.3 Å². The Morgan fingerprint density at radius 2 is 1.50 bits per heavy atom. The Labute approximate surface area is 166 Å². The monoisotopic (exact) mass is 380 g/mol. The van der Waals surface area contributed by atoms with Crippen LogP contribution in [0.4, 0.5) is 0 Å². The van der Waals surface area contributed by atoms with Gasteiger partial charge >= 0.3 is 0 Å². The maximum atomic E-state index is 12.6. The van der Waals surface area contributed by atoms with Crippen LogP contribution in [0.25, 0.3) is 0 Å². The largest absolute Gasteiger partial charge is 0.496 e. The van der Waals surface area contributed by atoms with Crippen LogP contribution in [0.2, 0.25) is 0 Å². The summed E-state index contributed by atoms with van der Waals surface area (Å²) in [5.41, 5.74) is 3.27. The fourth-order valence-electron chi connectivity index (χ4n) is 3.51. The lowest BCUT2D eigenvalue weighted by Crippen LogP contribution is -2.51. The molecule has 0 N–H and O–H groups in total. The average molecular weight is 380 g/mol. The Bertz CT molecular complexity index is 809. The number of aryl methyl sites for hydroxylation is 2. The minimum atomic E-state index is 0.130. The zero-order valence-electron chi connectivity index (χ0n) is 16.7. The van der Waals surface area contributed by atoms with Crippen molar-refractivity contribution in [3.05, 3.63) is 65.2 Å². The highest BCUT2D eigenvalue weighted by molar-refractivity contribution is 5.80. The molecule has 1 aliphatic heterocycles. The van der Waals surface area contributed by atoms with E-state index in [9.17, 15) is 9.59 Å². The number of para-hydroxylation sites is 1. The number of methoxy groups -OCH3 is 1. The molecule has 0 spiro atoms. The molecule has 28 heavy (non-hydrogen) atoms. The van der Waals surface area contributed by atoms with E-state index in [4.69, 9.17) is 4.74 Å². The molecule has 0 bridgehead atoms. The van der Waals surface area contributed by atoms with Crippen LogP contribution >= 0.6 is 0 Å². The average Bonchev–Trinajstić information content (AvgIpc) is 2.74. The first-order valence-corrected chi connectivity index (χ1v) is 9.80. The van der Waals surface area contributed by atoms with Crippen LogP contribution in [0.5, 0.6) is 5.75 Å². The van der Waals surface area contributed by atoms with Crippen molar-refractivity contribution in [3.63, 3.8) is 0 Å². The van der Waals surface area contributed by atoms with Crippen molar-refractivity contribution < 1.29 is 14.3 Å². The molecule has 3 rings (SSSR count). The van der Waals surface area contributed by atoms with E-state index < -0.39 is 0 Å². The van der Waals surface area contributed by atoms with Gasteiger partial charge in [0, 0.05) is 32.6 Å². The lowest BCUT2D eigenvalue weighted by Gasteiger charge is -2.35. The first kappa shape index (κ1) is 19.9. The van der Waals surface area contributed by atoms with E-state index in [0.29, 0.717) is 45.4 Å². The Morgan fingerprint density at radius 1 is 0.893 bits per heavy atom. The molecule has 2 amide bonds. The summed E-state index contributed by atoms with van der Waals surface area (Å²) in [5, 5.41) is 0. The Morgan fingerprint density at radius 3 is 2.14 bits per heavy atom. The molecule has 0 unspecified atom stereocenters. The van der Waals surface area contributed by atoms with Crippen LogP contribution in [-0.2, 0) is 22.4 Å². The third-order valence-electron chi connectivity index (χ3n) is 5.26. The lowest BCUT2D eigenvalue weighted by molar-refractivity contribution is -0.139. The summed E-state index contributed by atoms with van der Waals surface area (Å²) >= 11 is 0. The van der Waals surface area contributed by atoms with Crippen LogP contribution in [0, 0.1) is 6.92 Å². The summed E-state index contributed by atoms with van der Waals surface area (Å²) < 4.78 is 5.35. The number of carbonyl (C=O) groups excluding carboxylic acids is 2. The summed E-state index contributed by atoms with van der Waals surface area (Å²) in [6, 6.07) is 15.9. The maximum absolute atomic E-state index is 12.6. The SMILES string of the molecule is COc1ccccc1CCC(=O)N1CCN(C(=O)Cc2ccc(C)cc2)CC1. The topological polar surface area (TPSA) is 49.9 Å². The third kappa shape index (κ3) is 5.12. The summed E-state index contributed by atoms with van der Waals surface area (Å²) in [5.74, 6) is 1.09. The van der Waals surface area contributed by atoms with Crippen molar-refractivity contribution in [1.82, 2.24) is 9.80 Å². The van der Waals surface area contributed by atoms with E-state index in [1.165, 1.54) is 5.56 Å². The lowest BCUT2D eigenvalue weighted by atomic mass is 10.1. The molecular formula is C23H28N2O3. The van der Waals surface area contributed by atoms with E-state index in [-0.39, 0.29) is 11.8 Å². The molecule has 2 aromatic carbocycles. The number of ether oxygens (including phenoxy) is 1. The molecule has 1 aliphatic rings. The zero-order valence-corrected chi connectivity index (χ0v) is 16.7. The Kier molecular flexibility index (Phi) is 6.69. The fraction of sp³-hybridized carbons (Fsp3) is 0.391. The highest BCUT2D eigenvalue weighted by Crippen LogP contribution is 2.19. The van der Waals surface area contributed by atoms with Gasteiger partial charge in [-0.2, -0.15) is 0 Å². The van der Waals surface area contributed by atoms with E-state index in [2.05, 4.69) is 0 Å². The van der Waals surface area contributed by atoms with Gasteiger partial charge in [0.1, 0.15) is 5.75 Å². The molecule has 5 heteroatoms. The quantitative estimate of drug-likeness (QED) is 0.774. The molecule has 0 aliphatic carbocycles. The maximum Gasteiger partial charge on any atom is 0.227 e.